The van der Waals surface area contributed by atoms with Gasteiger partial charge in [0, 0.05) is 52.6 Å². The maximum absolute atomic E-state index is 3.82. The maximum Gasteiger partial charge on any atom is 0.0551 e. The molecule has 1 N–H and O–H groups in total. The summed E-state index contributed by atoms with van der Waals surface area (Å²) in [7, 11) is 0. The Bertz CT molecular complexity index is 2310. The van der Waals surface area contributed by atoms with E-state index < -0.39 is 0 Å². The van der Waals surface area contributed by atoms with Crippen LogP contribution < -0.4 is 0 Å². The Morgan fingerprint density at radius 2 is 1.26 bits per heavy atom. The molecule has 1 aliphatic carbocycles. The monoisotopic (exact) mass is 515 g/mol. The van der Waals surface area contributed by atoms with Crippen molar-refractivity contribution in [2.24, 2.45) is 0 Å². The number of rotatable bonds is 1. The second kappa shape index (κ2) is 7.37. The first-order valence-electron chi connectivity index (χ1n) is 13.6. The first kappa shape index (κ1) is 21.5. The van der Waals surface area contributed by atoms with Gasteiger partial charge in [-0.3, -0.25) is 0 Å². The van der Waals surface area contributed by atoms with E-state index in [2.05, 4.69) is 128 Å². The molecular formula is C37H25NS. The second-order valence-corrected chi connectivity index (χ2v) is 12.5. The molecule has 1 aliphatic rings. The summed E-state index contributed by atoms with van der Waals surface area (Å²) in [6.07, 6.45) is 0. The van der Waals surface area contributed by atoms with Crippen LogP contribution in [0.3, 0.4) is 0 Å². The Morgan fingerprint density at radius 3 is 2.15 bits per heavy atom. The van der Waals surface area contributed by atoms with Gasteiger partial charge < -0.3 is 4.98 Å². The molecule has 8 aromatic rings. The smallest absolute Gasteiger partial charge is 0.0551 e. The molecule has 0 amide bonds. The summed E-state index contributed by atoms with van der Waals surface area (Å²) in [5.74, 6) is 0. The summed E-state index contributed by atoms with van der Waals surface area (Å²) in [5.41, 5.74) is 10.5. The average molecular weight is 516 g/mol. The van der Waals surface area contributed by atoms with Gasteiger partial charge in [0.25, 0.3) is 0 Å². The van der Waals surface area contributed by atoms with Gasteiger partial charge in [0.1, 0.15) is 0 Å². The van der Waals surface area contributed by atoms with E-state index >= 15 is 0 Å². The molecule has 2 heteroatoms. The van der Waals surface area contributed by atoms with E-state index in [0.29, 0.717) is 0 Å². The van der Waals surface area contributed by atoms with Crippen molar-refractivity contribution in [2.45, 2.75) is 19.3 Å². The minimum absolute atomic E-state index is 0.00646. The SMILES string of the molecule is CC1(C)c2ccccc2-c2ccc(-c3ccc4[nH]c5c6ccccc6c6sc7ccccc7c6c5c4c3)cc21. The van der Waals surface area contributed by atoms with E-state index in [4.69, 9.17) is 0 Å². The Kier molecular flexibility index (Phi) is 4.07. The van der Waals surface area contributed by atoms with Crippen molar-refractivity contribution in [1.29, 1.82) is 0 Å². The highest BCUT2D eigenvalue weighted by Crippen LogP contribution is 2.50. The highest BCUT2D eigenvalue weighted by molar-refractivity contribution is 7.27. The predicted octanol–water partition coefficient (Wildman–Crippen LogP) is 10.8. The number of aromatic nitrogens is 1. The normalized spacial score (nSPS) is 14.1. The van der Waals surface area contributed by atoms with Gasteiger partial charge in [0.2, 0.25) is 0 Å². The molecule has 2 aromatic heterocycles. The molecule has 6 aromatic carbocycles. The molecule has 1 nitrogen and oxygen atoms in total. The van der Waals surface area contributed by atoms with Crippen LogP contribution in [0.1, 0.15) is 25.0 Å². The van der Waals surface area contributed by atoms with Crippen molar-refractivity contribution < 1.29 is 0 Å². The average Bonchev–Trinajstić information content (AvgIpc) is 3.61. The van der Waals surface area contributed by atoms with E-state index in [-0.39, 0.29) is 5.41 Å². The third-order valence-electron chi connectivity index (χ3n) is 9.00. The number of aromatic amines is 1. The molecular weight excluding hydrogens is 490 g/mol. The number of thiophene rings is 1. The Labute approximate surface area is 230 Å². The first-order valence-corrected chi connectivity index (χ1v) is 14.4. The van der Waals surface area contributed by atoms with Gasteiger partial charge in [-0.05, 0) is 57.6 Å². The van der Waals surface area contributed by atoms with Crippen molar-refractivity contribution in [3.8, 4) is 22.3 Å². The van der Waals surface area contributed by atoms with Gasteiger partial charge in [-0.15, -0.1) is 11.3 Å². The highest BCUT2D eigenvalue weighted by Gasteiger charge is 2.35. The predicted molar refractivity (Wildman–Crippen MR) is 169 cm³/mol. The molecule has 2 heterocycles. The molecule has 39 heavy (non-hydrogen) atoms. The third-order valence-corrected chi connectivity index (χ3v) is 10.2. The van der Waals surface area contributed by atoms with E-state index in [0.717, 1.165) is 0 Å². The zero-order chi connectivity index (χ0) is 25.9. The fourth-order valence-corrected chi connectivity index (χ4v) is 8.35. The number of H-pyrrole nitrogens is 1. The van der Waals surface area contributed by atoms with E-state index in [1.54, 1.807) is 0 Å². The van der Waals surface area contributed by atoms with Crippen LogP contribution in [0.4, 0.5) is 0 Å². The summed E-state index contributed by atoms with van der Waals surface area (Å²) in [6, 6.07) is 40.6. The molecule has 0 radical (unpaired) electrons. The van der Waals surface area contributed by atoms with Crippen LogP contribution >= 0.6 is 11.3 Å². The Morgan fingerprint density at radius 1 is 0.564 bits per heavy atom. The van der Waals surface area contributed by atoms with E-state index in [1.807, 2.05) is 11.3 Å². The molecule has 0 aliphatic heterocycles. The van der Waals surface area contributed by atoms with Gasteiger partial charge >= 0.3 is 0 Å². The summed E-state index contributed by atoms with van der Waals surface area (Å²) >= 11 is 1.91. The van der Waals surface area contributed by atoms with E-state index in [1.165, 1.54) is 86.1 Å². The lowest BCUT2D eigenvalue weighted by Crippen LogP contribution is -2.14. The minimum atomic E-state index is -0.00646. The molecule has 0 saturated carbocycles. The van der Waals surface area contributed by atoms with Gasteiger partial charge in [-0.25, -0.2) is 0 Å². The lowest BCUT2D eigenvalue weighted by Gasteiger charge is -2.22. The topological polar surface area (TPSA) is 15.8 Å². The number of hydrogen-bond acceptors (Lipinski definition) is 1. The molecule has 0 unspecified atom stereocenters. The number of benzene rings is 6. The van der Waals surface area contributed by atoms with Gasteiger partial charge in [-0.1, -0.05) is 98.8 Å². The summed E-state index contributed by atoms with van der Waals surface area (Å²) in [4.78, 5) is 3.82. The van der Waals surface area contributed by atoms with Crippen molar-refractivity contribution in [2.75, 3.05) is 0 Å². The molecule has 0 atom stereocenters. The largest absolute Gasteiger partial charge is 0.354 e. The van der Waals surface area contributed by atoms with Crippen molar-refractivity contribution in [1.82, 2.24) is 4.98 Å². The summed E-state index contributed by atoms with van der Waals surface area (Å²) < 4.78 is 2.72. The molecule has 184 valence electrons. The number of fused-ring (bicyclic) bond motifs is 13. The lowest BCUT2D eigenvalue weighted by atomic mass is 9.81. The molecule has 0 spiro atoms. The third kappa shape index (κ3) is 2.74. The maximum atomic E-state index is 3.82. The zero-order valence-electron chi connectivity index (χ0n) is 21.8. The number of hydrogen-bond donors (Lipinski definition) is 1. The van der Waals surface area contributed by atoms with Gasteiger partial charge in [-0.2, -0.15) is 0 Å². The van der Waals surface area contributed by atoms with Crippen LogP contribution in [0.15, 0.2) is 109 Å². The van der Waals surface area contributed by atoms with Crippen LogP contribution in [0, 0.1) is 0 Å². The molecule has 0 saturated heterocycles. The van der Waals surface area contributed by atoms with Crippen molar-refractivity contribution in [3.05, 3.63) is 120 Å². The molecule has 0 bridgehead atoms. The quantitative estimate of drug-likeness (QED) is 0.224. The first-order chi connectivity index (χ1) is 19.1. The summed E-state index contributed by atoms with van der Waals surface area (Å²) in [5, 5.41) is 7.97. The minimum Gasteiger partial charge on any atom is -0.354 e. The van der Waals surface area contributed by atoms with Crippen LogP contribution in [-0.4, -0.2) is 4.98 Å². The fourth-order valence-electron chi connectivity index (χ4n) is 7.10. The molecule has 9 rings (SSSR count). The van der Waals surface area contributed by atoms with Crippen molar-refractivity contribution in [3.63, 3.8) is 0 Å². The Balaban J connectivity index is 1.35. The lowest BCUT2D eigenvalue weighted by molar-refractivity contribution is 0.660. The fraction of sp³-hybridized carbons (Fsp3) is 0.0811. The van der Waals surface area contributed by atoms with Crippen LogP contribution in [0.25, 0.3) is 75.0 Å². The molecule has 0 fully saturated rings. The van der Waals surface area contributed by atoms with Crippen LogP contribution in [0.2, 0.25) is 0 Å². The Hall–Kier alpha value is -4.40. The second-order valence-electron chi connectivity index (χ2n) is 11.4. The highest BCUT2D eigenvalue weighted by atomic mass is 32.1. The summed E-state index contributed by atoms with van der Waals surface area (Å²) in [6.45, 7) is 4.71. The van der Waals surface area contributed by atoms with E-state index in [9.17, 15) is 0 Å². The zero-order valence-corrected chi connectivity index (χ0v) is 22.6. The van der Waals surface area contributed by atoms with Crippen LogP contribution in [0.5, 0.6) is 0 Å². The van der Waals surface area contributed by atoms with Gasteiger partial charge in [0.15, 0.2) is 0 Å². The van der Waals surface area contributed by atoms with Crippen LogP contribution in [-0.2, 0) is 5.41 Å². The van der Waals surface area contributed by atoms with Gasteiger partial charge in [0.05, 0.1) is 5.52 Å². The van der Waals surface area contributed by atoms with Crippen molar-refractivity contribution >= 4 is 64.1 Å². The standard InChI is InChI=1S/C37H25NS/c1-37(2)29-13-7-5-9-23(29)24-17-15-22(20-30(24)37)21-16-18-31-28(19-21)33-34-27-12-6-8-14-32(27)39-36(34)26-11-4-3-10-25(26)35(33)38-31/h3-20,38H,1-2H3. The number of nitrogens with one attached hydrogen (secondary N) is 1.